The normalized spacial score (nSPS) is 21.5. The van der Waals surface area contributed by atoms with Crippen LogP contribution < -0.4 is 11.1 Å². The minimum absolute atomic E-state index is 0.294. The van der Waals surface area contributed by atoms with Crippen molar-refractivity contribution < 1.29 is 0 Å². The average molecular weight is 297 g/mol. The van der Waals surface area contributed by atoms with Crippen molar-refractivity contribution in [3.05, 3.63) is 30.6 Å². The fourth-order valence-corrected chi connectivity index (χ4v) is 3.06. The van der Waals surface area contributed by atoms with Crippen molar-refractivity contribution in [2.75, 3.05) is 5.32 Å². The Morgan fingerprint density at radius 3 is 2.91 bits per heavy atom. The van der Waals surface area contributed by atoms with Crippen molar-refractivity contribution in [1.29, 1.82) is 0 Å². The van der Waals surface area contributed by atoms with Gasteiger partial charge in [-0.25, -0.2) is 4.98 Å². The van der Waals surface area contributed by atoms with Crippen molar-refractivity contribution in [2.24, 2.45) is 12.8 Å². The van der Waals surface area contributed by atoms with E-state index in [0.29, 0.717) is 12.1 Å². The first-order chi connectivity index (χ1) is 10.7. The number of aryl methyl sites for hydroxylation is 1. The first kappa shape index (κ1) is 13.3. The van der Waals surface area contributed by atoms with Crippen LogP contribution in [0.25, 0.3) is 17.0 Å². The van der Waals surface area contributed by atoms with Gasteiger partial charge in [0.1, 0.15) is 11.5 Å². The molecule has 4 rings (SSSR count). The van der Waals surface area contributed by atoms with E-state index in [0.717, 1.165) is 42.1 Å². The molecule has 22 heavy (non-hydrogen) atoms. The van der Waals surface area contributed by atoms with E-state index in [9.17, 15) is 0 Å². The molecule has 1 aliphatic carbocycles. The second kappa shape index (κ2) is 5.10. The van der Waals surface area contributed by atoms with Gasteiger partial charge in [-0.1, -0.05) is 0 Å². The van der Waals surface area contributed by atoms with Crippen molar-refractivity contribution in [3.63, 3.8) is 0 Å². The quantitative estimate of drug-likeness (QED) is 0.763. The van der Waals surface area contributed by atoms with Gasteiger partial charge in [0, 0.05) is 37.5 Å². The van der Waals surface area contributed by atoms with Crippen molar-refractivity contribution >= 4 is 11.5 Å². The molecule has 0 spiro atoms. The van der Waals surface area contributed by atoms with Crippen LogP contribution in [0.4, 0.5) is 5.82 Å². The summed E-state index contributed by atoms with van der Waals surface area (Å²) in [6.07, 6.45) is 6.82. The maximum atomic E-state index is 6.01. The summed E-state index contributed by atoms with van der Waals surface area (Å²) in [6, 6.07) is 6.55. The van der Waals surface area contributed by atoms with Gasteiger partial charge in [0.05, 0.1) is 11.9 Å². The van der Waals surface area contributed by atoms with Crippen LogP contribution in [0.15, 0.2) is 30.6 Å². The Hall–Kier alpha value is -2.41. The Morgan fingerprint density at radius 2 is 2.18 bits per heavy atom. The number of nitrogens with two attached hydrogens (primary N) is 1. The van der Waals surface area contributed by atoms with Gasteiger partial charge in [0.15, 0.2) is 5.65 Å². The average Bonchev–Trinajstić information content (AvgIpc) is 3.20. The zero-order valence-corrected chi connectivity index (χ0v) is 12.5. The van der Waals surface area contributed by atoms with Gasteiger partial charge in [-0.3, -0.25) is 4.68 Å². The lowest BCUT2D eigenvalue weighted by Gasteiger charge is -2.15. The first-order valence-corrected chi connectivity index (χ1v) is 7.56. The second-order valence-corrected chi connectivity index (χ2v) is 5.92. The van der Waals surface area contributed by atoms with E-state index in [1.165, 1.54) is 0 Å². The number of hydrogen-bond donors (Lipinski definition) is 2. The van der Waals surface area contributed by atoms with Gasteiger partial charge in [-0.05, 0) is 25.3 Å². The molecule has 0 amide bonds. The molecule has 0 radical (unpaired) electrons. The zero-order chi connectivity index (χ0) is 15.1. The van der Waals surface area contributed by atoms with E-state index in [1.807, 2.05) is 36.0 Å². The van der Waals surface area contributed by atoms with Gasteiger partial charge in [-0.2, -0.15) is 14.7 Å². The van der Waals surface area contributed by atoms with Gasteiger partial charge < -0.3 is 11.1 Å². The summed E-state index contributed by atoms with van der Waals surface area (Å²) in [7, 11) is 1.90. The van der Waals surface area contributed by atoms with E-state index in [1.54, 1.807) is 10.9 Å². The number of fused-ring (bicyclic) bond motifs is 1. The SMILES string of the molecule is Cn1ccc(-c2cc(N[C@H]3CC[C@H](N)C3)n3nccc3n2)n1. The van der Waals surface area contributed by atoms with E-state index >= 15 is 0 Å². The summed E-state index contributed by atoms with van der Waals surface area (Å²) in [5.41, 5.74) is 8.52. The first-order valence-electron chi connectivity index (χ1n) is 7.56. The zero-order valence-electron chi connectivity index (χ0n) is 12.5. The summed E-state index contributed by atoms with van der Waals surface area (Å²) in [6.45, 7) is 0. The highest BCUT2D eigenvalue weighted by molar-refractivity contribution is 5.63. The molecule has 3 aromatic heterocycles. The number of nitrogens with one attached hydrogen (secondary N) is 1. The number of hydrogen-bond acceptors (Lipinski definition) is 5. The molecule has 7 nitrogen and oxygen atoms in total. The molecular formula is C15H19N7. The highest BCUT2D eigenvalue weighted by Gasteiger charge is 2.22. The maximum absolute atomic E-state index is 6.01. The van der Waals surface area contributed by atoms with Crippen molar-refractivity contribution in [1.82, 2.24) is 24.4 Å². The molecule has 1 fully saturated rings. The largest absolute Gasteiger partial charge is 0.367 e. The Labute approximate surface area is 128 Å². The van der Waals surface area contributed by atoms with Gasteiger partial charge in [0.2, 0.25) is 0 Å². The van der Waals surface area contributed by atoms with E-state index in [-0.39, 0.29) is 0 Å². The van der Waals surface area contributed by atoms with Gasteiger partial charge in [0.25, 0.3) is 0 Å². The fourth-order valence-electron chi connectivity index (χ4n) is 3.06. The van der Waals surface area contributed by atoms with E-state index in [2.05, 4.69) is 20.5 Å². The minimum atomic E-state index is 0.294. The van der Waals surface area contributed by atoms with E-state index < -0.39 is 0 Å². The number of anilines is 1. The Kier molecular flexibility index (Phi) is 3.07. The molecule has 3 N–H and O–H groups in total. The van der Waals surface area contributed by atoms with Gasteiger partial charge >= 0.3 is 0 Å². The molecule has 2 atom stereocenters. The molecule has 1 aliphatic rings. The Morgan fingerprint density at radius 1 is 1.27 bits per heavy atom. The predicted octanol–water partition coefficient (Wildman–Crippen LogP) is 1.42. The monoisotopic (exact) mass is 297 g/mol. The van der Waals surface area contributed by atoms with Crippen LogP contribution in [0, 0.1) is 0 Å². The number of aromatic nitrogens is 5. The van der Waals surface area contributed by atoms with Gasteiger partial charge in [-0.15, -0.1) is 0 Å². The third-order valence-electron chi connectivity index (χ3n) is 4.16. The van der Waals surface area contributed by atoms with E-state index in [4.69, 9.17) is 5.73 Å². The van der Waals surface area contributed by atoms with Crippen LogP contribution in [0.1, 0.15) is 19.3 Å². The number of rotatable bonds is 3. The van der Waals surface area contributed by atoms with Crippen LogP contribution in [-0.2, 0) is 7.05 Å². The molecule has 3 heterocycles. The molecule has 3 aromatic rings. The maximum Gasteiger partial charge on any atom is 0.158 e. The fraction of sp³-hybridized carbons (Fsp3) is 0.400. The topological polar surface area (TPSA) is 86.1 Å². The van der Waals surface area contributed by atoms with Crippen molar-refractivity contribution in [3.8, 4) is 11.4 Å². The van der Waals surface area contributed by atoms with Crippen LogP contribution in [0.2, 0.25) is 0 Å². The highest BCUT2D eigenvalue weighted by Crippen LogP contribution is 2.25. The number of nitrogens with zero attached hydrogens (tertiary/aromatic N) is 5. The summed E-state index contributed by atoms with van der Waals surface area (Å²) >= 11 is 0. The second-order valence-electron chi connectivity index (χ2n) is 5.92. The van der Waals surface area contributed by atoms with Crippen molar-refractivity contribution in [2.45, 2.75) is 31.3 Å². The highest BCUT2D eigenvalue weighted by atomic mass is 15.3. The summed E-state index contributed by atoms with van der Waals surface area (Å²) < 4.78 is 3.61. The predicted molar refractivity (Wildman–Crippen MR) is 84.4 cm³/mol. The van der Waals surface area contributed by atoms with Crippen LogP contribution >= 0.6 is 0 Å². The minimum Gasteiger partial charge on any atom is -0.367 e. The molecular weight excluding hydrogens is 278 g/mol. The molecule has 0 aliphatic heterocycles. The molecule has 7 heteroatoms. The lowest BCUT2D eigenvalue weighted by Crippen LogP contribution is -2.22. The third kappa shape index (κ3) is 2.33. The third-order valence-corrected chi connectivity index (χ3v) is 4.16. The summed E-state index contributed by atoms with van der Waals surface area (Å²) in [4.78, 5) is 4.63. The van der Waals surface area contributed by atoms with Crippen LogP contribution in [0.3, 0.4) is 0 Å². The lowest BCUT2D eigenvalue weighted by atomic mass is 10.2. The molecule has 1 saturated carbocycles. The molecule has 0 unspecified atom stereocenters. The molecule has 0 saturated heterocycles. The molecule has 0 bridgehead atoms. The molecule has 114 valence electrons. The summed E-state index contributed by atoms with van der Waals surface area (Å²) in [5.74, 6) is 0.940. The lowest BCUT2D eigenvalue weighted by molar-refractivity contribution is 0.684. The van der Waals surface area contributed by atoms with Crippen LogP contribution in [-0.4, -0.2) is 36.5 Å². The Balaban J connectivity index is 1.74. The van der Waals surface area contributed by atoms with Crippen LogP contribution in [0.5, 0.6) is 0 Å². The standard InChI is InChI=1S/C15H19N7/c1-21-7-5-12(20-21)13-9-15(18-11-3-2-10(16)8-11)22-14(19-13)4-6-17-22/h4-7,9-11,18H,2-3,8,16H2,1H3/t10-,11-/m0/s1. The smallest absolute Gasteiger partial charge is 0.158 e. The summed E-state index contributed by atoms with van der Waals surface area (Å²) in [5, 5.41) is 12.4. The molecule has 0 aromatic carbocycles. The Bertz CT molecular complexity index is 803.